The number of aliphatic hydroxyl groups is 1. The Labute approximate surface area is 115 Å². The Morgan fingerprint density at radius 1 is 1.00 bits per heavy atom. The topological polar surface area (TPSA) is 29.5 Å². The molecule has 0 aliphatic heterocycles. The van der Waals surface area contributed by atoms with E-state index in [4.69, 9.17) is 9.84 Å². The largest absolute Gasteiger partial charge is 0.489 e. The van der Waals surface area contributed by atoms with Gasteiger partial charge in [-0.2, -0.15) is 0 Å². The molecule has 2 aromatic rings. The number of hydrogen-bond acceptors (Lipinski definition) is 2. The molecule has 2 nitrogen and oxygen atoms in total. The predicted molar refractivity (Wildman–Crippen MR) is 71.1 cm³/mol. The fraction of sp³-hybridized carbons (Fsp3) is 0.125. The second kappa shape index (κ2) is 6.69. The highest BCUT2D eigenvalue weighted by Crippen LogP contribution is 2.17. The molecule has 0 aliphatic rings. The Morgan fingerprint density at radius 2 is 1.65 bits per heavy atom. The van der Waals surface area contributed by atoms with E-state index in [0.29, 0.717) is 0 Å². The minimum atomic E-state index is -0.672. The van der Waals surface area contributed by atoms with Gasteiger partial charge in [0.1, 0.15) is 30.6 Å². The monoisotopic (exact) mass is 274 g/mol. The maximum atomic E-state index is 13.0. The van der Waals surface area contributed by atoms with Crippen LogP contribution in [0, 0.1) is 23.5 Å². The molecule has 0 fully saturated rings. The Bertz CT molecular complexity index is 620. The van der Waals surface area contributed by atoms with Gasteiger partial charge in [0.2, 0.25) is 0 Å². The third-order valence-electron chi connectivity index (χ3n) is 2.51. The minimum Gasteiger partial charge on any atom is -0.489 e. The van der Waals surface area contributed by atoms with Crippen LogP contribution in [0.3, 0.4) is 0 Å². The highest BCUT2D eigenvalue weighted by molar-refractivity contribution is 5.36. The quantitative estimate of drug-likeness (QED) is 0.872. The van der Waals surface area contributed by atoms with Gasteiger partial charge in [-0.3, -0.25) is 0 Å². The summed E-state index contributed by atoms with van der Waals surface area (Å²) < 4.78 is 31.3. The first-order chi connectivity index (χ1) is 9.67. The van der Waals surface area contributed by atoms with Gasteiger partial charge in [-0.05, 0) is 17.7 Å². The molecule has 0 atom stereocenters. The van der Waals surface area contributed by atoms with Crippen LogP contribution in [-0.4, -0.2) is 11.7 Å². The molecule has 0 unspecified atom stereocenters. The van der Waals surface area contributed by atoms with E-state index < -0.39 is 11.6 Å². The predicted octanol–water partition coefficient (Wildman–Crippen LogP) is 2.89. The maximum Gasteiger partial charge on any atom is 0.129 e. The zero-order valence-electron chi connectivity index (χ0n) is 10.6. The molecule has 0 saturated carbocycles. The zero-order chi connectivity index (χ0) is 14.4. The second-order valence-electron chi connectivity index (χ2n) is 4.05. The van der Waals surface area contributed by atoms with Gasteiger partial charge in [-0.1, -0.05) is 24.0 Å². The molecule has 102 valence electrons. The summed E-state index contributed by atoms with van der Waals surface area (Å²) in [5, 5.41) is 8.58. The summed E-state index contributed by atoms with van der Waals surface area (Å²) in [4.78, 5) is 0. The lowest BCUT2D eigenvalue weighted by Gasteiger charge is -2.06. The third-order valence-corrected chi connectivity index (χ3v) is 2.51. The Hall–Kier alpha value is -2.38. The number of aliphatic hydroxyl groups excluding tert-OH is 1. The van der Waals surface area contributed by atoms with Gasteiger partial charge in [0, 0.05) is 23.8 Å². The average molecular weight is 274 g/mol. The summed E-state index contributed by atoms with van der Waals surface area (Å²) in [5.74, 6) is 4.12. The second-order valence-corrected chi connectivity index (χ2v) is 4.05. The van der Waals surface area contributed by atoms with Crippen molar-refractivity contribution in [1.29, 1.82) is 0 Å². The van der Waals surface area contributed by atoms with Gasteiger partial charge in [-0.25, -0.2) is 8.78 Å². The van der Waals surface area contributed by atoms with Crippen molar-refractivity contribution in [3.8, 4) is 17.6 Å². The average Bonchev–Trinajstić information content (AvgIpc) is 2.43. The third kappa shape index (κ3) is 4.08. The lowest BCUT2D eigenvalue weighted by Crippen LogP contribution is -1.96. The van der Waals surface area contributed by atoms with E-state index >= 15 is 0 Å². The van der Waals surface area contributed by atoms with Crippen LogP contribution in [0.1, 0.15) is 11.1 Å². The van der Waals surface area contributed by atoms with Crippen LogP contribution in [0.15, 0.2) is 42.5 Å². The van der Waals surface area contributed by atoms with Gasteiger partial charge >= 0.3 is 0 Å². The van der Waals surface area contributed by atoms with Gasteiger partial charge < -0.3 is 9.84 Å². The smallest absolute Gasteiger partial charge is 0.129 e. The maximum absolute atomic E-state index is 13.0. The van der Waals surface area contributed by atoms with Crippen molar-refractivity contribution in [2.24, 2.45) is 0 Å². The number of ether oxygens (including phenoxy) is 1. The van der Waals surface area contributed by atoms with Crippen LogP contribution in [0.5, 0.6) is 5.75 Å². The number of rotatable bonds is 3. The van der Waals surface area contributed by atoms with Crippen molar-refractivity contribution in [2.75, 3.05) is 6.61 Å². The highest BCUT2D eigenvalue weighted by atomic mass is 19.1. The first-order valence-electron chi connectivity index (χ1n) is 5.95. The van der Waals surface area contributed by atoms with E-state index in [1.807, 2.05) is 0 Å². The molecule has 2 aromatic carbocycles. The van der Waals surface area contributed by atoms with Crippen molar-refractivity contribution < 1.29 is 18.6 Å². The minimum absolute atomic E-state index is 0.145. The molecule has 1 N–H and O–H groups in total. The van der Waals surface area contributed by atoms with Crippen LogP contribution in [0.2, 0.25) is 0 Å². The molecule has 0 bridgehead atoms. The normalized spacial score (nSPS) is 9.75. The SMILES string of the molecule is OCC#Cc1ccc(COc2cc(F)cc(F)c2)cc1. The summed E-state index contributed by atoms with van der Waals surface area (Å²) >= 11 is 0. The van der Waals surface area contributed by atoms with Crippen molar-refractivity contribution in [3.63, 3.8) is 0 Å². The Kier molecular flexibility index (Phi) is 4.70. The zero-order valence-corrected chi connectivity index (χ0v) is 10.6. The van der Waals surface area contributed by atoms with Crippen LogP contribution < -0.4 is 4.74 Å². The molecule has 20 heavy (non-hydrogen) atoms. The fourth-order valence-electron chi connectivity index (χ4n) is 1.60. The standard InChI is InChI=1S/C16H12F2O2/c17-14-8-15(18)10-16(9-14)20-11-13-5-3-12(4-6-13)2-1-7-19/h3-6,8-10,19H,7,11H2. The Balaban J connectivity index is 2.00. The summed E-state index contributed by atoms with van der Waals surface area (Å²) in [6.45, 7) is 0.0204. The van der Waals surface area contributed by atoms with E-state index in [-0.39, 0.29) is 19.0 Å². The van der Waals surface area contributed by atoms with E-state index in [9.17, 15) is 8.78 Å². The Morgan fingerprint density at radius 3 is 2.25 bits per heavy atom. The van der Waals surface area contributed by atoms with E-state index in [1.165, 1.54) is 0 Å². The molecule has 0 radical (unpaired) electrons. The van der Waals surface area contributed by atoms with Crippen molar-refractivity contribution in [2.45, 2.75) is 6.61 Å². The molecule has 0 aliphatic carbocycles. The molecule has 0 aromatic heterocycles. The molecule has 0 amide bonds. The van der Waals surface area contributed by atoms with Gasteiger partial charge in [0.25, 0.3) is 0 Å². The number of benzene rings is 2. The lowest BCUT2D eigenvalue weighted by atomic mass is 10.1. The van der Waals surface area contributed by atoms with E-state index in [0.717, 1.165) is 29.3 Å². The molecule has 0 saturated heterocycles. The van der Waals surface area contributed by atoms with Crippen molar-refractivity contribution in [3.05, 3.63) is 65.2 Å². The first-order valence-corrected chi connectivity index (χ1v) is 5.95. The molecular weight excluding hydrogens is 262 g/mol. The summed E-state index contributed by atoms with van der Waals surface area (Å²) in [6, 6.07) is 10.2. The fourth-order valence-corrected chi connectivity index (χ4v) is 1.60. The van der Waals surface area contributed by atoms with Crippen LogP contribution in [0.25, 0.3) is 0 Å². The summed E-state index contributed by atoms with van der Waals surface area (Å²) in [6.07, 6.45) is 0. The van der Waals surface area contributed by atoms with Gasteiger partial charge in [-0.15, -0.1) is 0 Å². The van der Waals surface area contributed by atoms with Crippen molar-refractivity contribution >= 4 is 0 Å². The summed E-state index contributed by atoms with van der Waals surface area (Å²) in [7, 11) is 0. The van der Waals surface area contributed by atoms with Gasteiger partial charge in [0.15, 0.2) is 0 Å². The molecule has 0 heterocycles. The van der Waals surface area contributed by atoms with Crippen molar-refractivity contribution in [1.82, 2.24) is 0 Å². The summed E-state index contributed by atoms with van der Waals surface area (Å²) in [5.41, 5.74) is 1.63. The van der Waals surface area contributed by atoms with Crippen LogP contribution >= 0.6 is 0 Å². The van der Waals surface area contributed by atoms with Crippen LogP contribution in [0.4, 0.5) is 8.78 Å². The van der Waals surface area contributed by atoms with Gasteiger partial charge in [0.05, 0.1) is 0 Å². The lowest BCUT2D eigenvalue weighted by molar-refractivity contribution is 0.302. The first kappa shape index (κ1) is 14.0. The molecule has 0 spiro atoms. The van der Waals surface area contributed by atoms with E-state index in [1.54, 1.807) is 24.3 Å². The van der Waals surface area contributed by atoms with Crippen LogP contribution in [-0.2, 0) is 6.61 Å². The molecule has 2 rings (SSSR count). The highest BCUT2D eigenvalue weighted by Gasteiger charge is 2.02. The molecule has 4 heteroatoms. The number of hydrogen-bond donors (Lipinski definition) is 1. The number of halogens is 2. The van der Waals surface area contributed by atoms with E-state index in [2.05, 4.69) is 11.8 Å². The molecular formula is C16H12F2O2.